The number of hydrogen-bond acceptors (Lipinski definition) is 4. The van der Waals surface area contributed by atoms with Crippen LogP contribution in [0, 0.1) is 0 Å². The number of carbonyl (C=O) groups excluding carboxylic acids is 3. The topological polar surface area (TPSA) is 87.7 Å². The SMILES string of the molecule is CC(=O)NCC(=O)NN(Cc1ccccc1)C(=O)CCOCc1ccccc1. The van der Waals surface area contributed by atoms with Crippen LogP contribution in [-0.2, 0) is 32.3 Å². The molecule has 0 bridgehead atoms. The quantitative estimate of drug-likeness (QED) is 0.510. The molecule has 2 aromatic rings. The van der Waals surface area contributed by atoms with Crippen LogP contribution in [0.3, 0.4) is 0 Å². The predicted molar refractivity (Wildman–Crippen MR) is 105 cm³/mol. The summed E-state index contributed by atoms with van der Waals surface area (Å²) in [5.41, 5.74) is 4.46. The lowest BCUT2D eigenvalue weighted by molar-refractivity contribution is -0.143. The Morgan fingerprint density at radius 3 is 2.14 bits per heavy atom. The monoisotopic (exact) mass is 383 g/mol. The molecule has 0 fully saturated rings. The second-order valence-corrected chi connectivity index (χ2v) is 6.20. The van der Waals surface area contributed by atoms with Gasteiger partial charge in [0.2, 0.25) is 11.8 Å². The van der Waals surface area contributed by atoms with Gasteiger partial charge < -0.3 is 10.1 Å². The van der Waals surface area contributed by atoms with Crippen molar-refractivity contribution in [3.8, 4) is 0 Å². The van der Waals surface area contributed by atoms with Crippen LogP contribution in [0.2, 0.25) is 0 Å². The van der Waals surface area contributed by atoms with E-state index in [1.165, 1.54) is 11.9 Å². The fourth-order valence-corrected chi connectivity index (χ4v) is 2.41. The molecule has 0 unspecified atom stereocenters. The number of nitrogens with zero attached hydrogens (tertiary/aromatic N) is 1. The van der Waals surface area contributed by atoms with E-state index in [0.717, 1.165) is 11.1 Å². The number of carbonyl (C=O) groups is 3. The van der Waals surface area contributed by atoms with E-state index >= 15 is 0 Å². The van der Waals surface area contributed by atoms with Gasteiger partial charge in [-0.05, 0) is 11.1 Å². The third-order valence-corrected chi connectivity index (χ3v) is 3.81. The first-order valence-electron chi connectivity index (χ1n) is 9.04. The first-order valence-corrected chi connectivity index (χ1v) is 9.04. The van der Waals surface area contributed by atoms with Crippen molar-refractivity contribution in [2.45, 2.75) is 26.5 Å². The third-order valence-electron chi connectivity index (χ3n) is 3.81. The zero-order valence-corrected chi connectivity index (χ0v) is 15.9. The minimum Gasteiger partial charge on any atom is -0.376 e. The van der Waals surface area contributed by atoms with Crippen LogP contribution in [-0.4, -0.2) is 35.9 Å². The van der Waals surface area contributed by atoms with Crippen molar-refractivity contribution in [3.63, 3.8) is 0 Å². The molecule has 0 aromatic heterocycles. The molecule has 0 aliphatic carbocycles. The molecular weight excluding hydrogens is 358 g/mol. The van der Waals surface area contributed by atoms with Crippen LogP contribution in [0.1, 0.15) is 24.5 Å². The highest BCUT2D eigenvalue weighted by Crippen LogP contribution is 2.05. The van der Waals surface area contributed by atoms with Crippen LogP contribution < -0.4 is 10.7 Å². The van der Waals surface area contributed by atoms with Crippen molar-refractivity contribution in [1.29, 1.82) is 0 Å². The highest BCUT2D eigenvalue weighted by atomic mass is 16.5. The van der Waals surface area contributed by atoms with Crippen LogP contribution in [0.15, 0.2) is 60.7 Å². The Hall–Kier alpha value is -3.19. The number of hydrazine groups is 1. The zero-order valence-electron chi connectivity index (χ0n) is 15.9. The van der Waals surface area contributed by atoms with Gasteiger partial charge in [0.25, 0.3) is 5.91 Å². The molecular formula is C21H25N3O4. The number of benzene rings is 2. The molecule has 2 aromatic carbocycles. The fourth-order valence-electron chi connectivity index (χ4n) is 2.41. The second-order valence-electron chi connectivity index (χ2n) is 6.20. The number of nitrogens with one attached hydrogen (secondary N) is 2. The number of amides is 3. The smallest absolute Gasteiger partial charge is 0.257 e. The maximum atomic E-state index is 12.6. The van der Waals surface area contributed by atoms with E-state index in [0.29, 0.717) is 6.61 Å². The van der Waals surface area contributed by atoms with Gasteiger partial charge in [0, 0.05) is 6.92 Å². The average Bonchev–Trinajstić information content (AvgIpc) is 2.70. The molecule has 7 nitrogen and oxygen atoms in total. The molecule has 0 aliphatic heterocycles. The first kappa shape index (κ1) is 21.1. The maximum Gasteiger partial charge on any atom is 0.257 e. The Labute approximate surface area is 164 Å². The van der Waals surface area contributed by atoms with Gasteiger partial charge in [-0.1, -0.05) is 60.7 Å². The fraction of sp³-hybridized carbons (Fsp3) is 0.286. The molecule has 3 amide bonds. The standard InChI is InChI=1S/C21H25N3O4/c1-17(25)22-14-20(26)23-24(15-18-8-4-2-5-9-18)21(27)12-13-28-16-19-10-6-3-7-11-19/h2-11H,12-16H2,1H3,(H,22,25)(H,23,26). The Morgan fingerprint density at radius 1 is 0.929 bits per heavy atom. The van der Waals surface area contributed by atoms with Crippen LogP contribution >= 0.6 is 0 Å². The molecule has 0 saturated heterocycles. The highest BCUT2D eigenvalue weighted by molar-refractivity contribution is 5.86. The van der Waals surface area contributed by atoms with E-state index in [2.05, 4.69) is 10.7 Å². The van der Waals surface area contributed by atoms with Gasteiger partial charge in [0.05, 0.1) is 32.7 Å². The molecule has 0 aliphatic rings. The molecule has 0 atom stereocenters. The van der Waals surface area contributed by atoms with E-state index in [9.17, 15) is 14.4 Å². The Balaban J connectivity index is 1.87. The molecule has 7 heteroatoms. The largest absolute Gasteiger partial charge is 0.376 e. The van der Waals surface area contributed by atoms with Gasteiger partial charge in [0.15, 0.2) is 0 Å². The average molecular weight is 383 g/mol. The summed E-state index contributed by atoms with van der Waals surface area (Å²) in [4.78, 5) is 35.6. The van der Waals surface area contributed by atoms with Crippen molar-refractivity contribution >= 4 is 17.7 Å². The molecule has 148 valence electrons. The summed E-state index contributed by atoms with van der Waals surface area (Å²) < 4.78 is 5.56. The van der Waals surface area contributed by atoms with E-state index < -0.39 is 5.91 Å². The number of ether oxygens (including phenoxy) is 1. The summed E-state index contributed by atoms with van der Waals surface area (Å²) in [6.07, 6.45) is 0.125. The second kappa shape index (κ2) is 11.5. The van der Waals surface area contributed by atoms with Gasteiger partial charge in [0.1, 0.15) is 0 Å². The lowest BCUT2D eigenvalue weighted by Gasteiger charge is -2.23. The minimum atomic E-state index is -0.468. The van der Waals surface area contributed by atoms with Crippen molar-refractivity contribution in [2.24, 2.45) is 0 Å². The lowest BCUT2D eigenvalue weighted by atomic mass is 10.2. The zero-order chi connectivity index (χ0) is 20.2. The number of rotatable bonds is 9. The van der Waals surface area contributed by atoms with Crippen molar-refractivity contribution in [3.05, 3.63) is 71.8 Å². The molecule has 2 N–H and O–H groups in total. The van der Waals surface area contributed by atoms with E-state index in [4.69, 9.17) is 4.74 Å². The van der Waals surface area contributed by atoms with Gasteiger partial charge in [-0.3, -0.25) is 19.8 Å². The number of hydrogen-bond donors (Lipinski definition) is 2. The molecule has 2 rings (SSSR count). The summed E-state index contributed by atoms with van der Waals surface area (Å²) in [7, 11) is 0. The van der Waals surface area contributed by atoms with Crippen molar-refractivity contribution in [2.75, 3.05) is 13.2 Å². The first-order chi connectivity index (χ1) is 13.5. The van der Waals surface area contributed by atoms with E-state index in [1.807, 2.05) is 60.7 Å². The van der Waals surface area contributed by atoms with Gasteiger partial charge in [-0.25, -0.2) is 5.01 Å². The molecule has 28 heavy (non-hydrogen) atoms. The predicted octanol–water partition coefficient (Wildman–Crippen LogP) is 1.79. The Kier molecular flexibility index (Phi) is 8.68. The summed E-state index contributed by atoms with van der Waals surface area (Å²) in [5, 5.41) is 3.67. The third kappa shape index (κ3) is 8.01. The summed E-state index contributed by atoms with van der Waals surface area (Å²) in [6.45, 7) is 2.01. The Bertz CT molecular complexity index is 766. The van der Waals surface area contributed by atoms with Crippen LogP contribution in [0.25, 0.3) is 0 Å². The highest BCUT2D eigenvalue weighted by Gasteiger charge is 2.17. The minimum absolute atomic E-state index is 0.125. The molecule has 0 saturated carbocycles. The molecule has 0 radical (unpaired) electrons. The van der Waals surface area contributed by atoms with Crippen LogP contribution in [0.5, 0.6) is 0 Å². The summed E-state index contributed by atoms with van der Waals surface area (Å²) in [5.74, 6) is -1.05. The lowest BCUT2D eigenvalue weighted by Crippen LogP contribution is -2.49. The summed E-state index contributed by atoms with van der Waals surface area (Å²) in [6, 6.07) is 19.0. The Morgan fingerprint density at radius 2 is 1.54 bits per heavy atom. The molecule has 0 heterocycles. The van der Waals surface area contributed by atoms with Crippen LogP contribution in [0.4, 0.5) is 0 Å². The van der Waals surface area contributed by atoms with Gasteiger partial charge in [-0.2, -0.15) is 0 Å². The maximum absolute atomic E-state index is 12.6. The normalized spacial score (nSPS) is 10.2. The van der Waals surface area contributed by atoms with Crippen molar-refractivity contribution < 1.29 is 19.1 Å². The molecule has 0 spiro atoms. The van der Waals surface area contributed by atoms with E-state index in [-0.39, 0.29) is 37.9 Å². The van der Waals surface area contributed by atoms with Gasteiger partial charge in [-0.15, -0.1) is 0 Å². The van der Waals surface area contributed by atoms with Crippen molar-refractivity contribution in [1.82, 2.24) is 15.8 Å². The van der Waals surface area contributed by atoms with Gasteiger partial charge >= 0.3 is 0 Å². The van der Waals surface area contributed by atoms with E-state index in [1.54, 1.807) is 0 Å². The summed E-state index contributed by atoms with van der Waals surface area (Å²) >= 11 is 0.